The van der Waals surface area contributed by atoms with Crippen molar-refractivity contribution in [1.29, 1.82) is 0 Å². The van der Waals surface area contributed by atoms with Gasteiger partial charge >= 0.3 is 6.03 Å². The summed E-state index contributed by atoms with van der Waals surface area (Å²) in [6, 6.07) is 9.22. The van der Waals surface area contributed by atoms with Crippen LogP contribution in [-0.2, 0) is 17.7 Å². The number of carbonyl (C=O) groups excluding carboxylic acids is 1. The van der Waals surface area contributed by atoms with Gasteiger partial charge in [-0.3, -0.25) is 0 Å². The van der Waals surface area contributed by atoms with Gasteiger partial charge in [-0.1, -0.05) is 31.2 Å². The molecule has 5 heteroatoms. The number of rotatable bonds is 6. The molecular formula is C22H35N3O2. The molecular weight excluding hydrogens is 338 g/mol. The summed E-state index contributed by atoms with van der Waals surface area (Å²) in [5.41, 5.74) is 2.68. The molecule has 0 saturated carbocycles. The van der Waals surface area contributed by atoms with Crippen LogP contribution in [0, 0.1) is 0 Å². The van der Waals surface area contributed by atoms with Crippen LogP contribution in [0.4, 0.5) is 4.79 Å². The topological polar surface area (TPSA) is 44.8 Å². The number of fused-ring (bicyclic) bond motifs is 1. The summed E-state index contributed by atoms with van der Waals surface area (Å²) >= 11 is 0. The molecule has 0 aromatic heterocycles. The quantitative estimate of drug-likeness (QED) is 0.831. The lowest BCUT2D eigenvalue weighted by molar-refractivity contribution is 0.0525. The number of amides is 2. The van der Waals surface area contributed by atoms with Gasteiger partial charge in [0.2, 0.25) is 0 Å². The normalized spacial score (nSPS) is 21.3. The molecule has 1 N–H and O–H groups in total. The molecule has 0 aliphatic carbocycles. The highest BCUT2D eigenvalue weighted by atomic mass is 16.5. The SMILES string of the molecule is CCC1Cc2ccccc2CN1C(=O)NC1CCN(CCOC(C)C)CC1. The molecule has 1 saturated heterocycles. The zero-order valence-corrected chi connectivity index (χ0v) is 17.1. The van der Waals surface area contributed by atoms with E-state index in [1.54, 1.807) is 0 Å². The molecule has 2 heterocycles. The van der Waals surface area contributed by atoms with Crippen molar-refractivity contribution in [2.24, 2.45) is 0 Å². The molecule has 2 amide bonds. The number of hydrogen-bond acceptors (Lipinski definition) is 3. The third-order valence-electron chi connectivity index (χ3n) is 5.86. The number of ether oxygens (including phenoxy) is 1. The first-order valence-corrected chi connectivity index (χ1v) is 10.5. The lowest BCUT2D eigenvalue weighted by atomic mass is 9.93. The summed E-state index contributed by atoms with van der Waals surface area (Å²) < 4.78 is 5.65. The summed E-state index contributed by atoms with van der Waals surface area (Å²) in [5, 5.41) is 3.31. The Balaban J connectivity index is 1.48. The number of urea groups is 1. The third kappa shape index (κ3) is 5.45. The number of hydrogen-bond donors (Lipinski definition) is 1. The van der Waals surface area contributed by atoms with E-state index in [0.717, 1.165) is 58.5 Å². The number of carbonyl (C=O) groups is 1. The van der Waals surface area contributed by atoms with E-state index in [1.165, 1.54) is 11.1 Å². The Kier molecular flexibility index (Phi) is 7.13. The molecule has 2 aliphatic heterocycles. The van der Waals surface area contributed by atoms with Gasteiger partial charge in [0.15, 0.2) is 0 Å². The van der Waals surface area contributed by atoms with Crippen LogP contribution in [0.5, 0.6) is 0 Å². The van der Waals surface area contributed by atoms with Crippen LogP contribution in [0.25, 0.3) is 0 Å². The van der Waals surface area contributed by atoms with E-state index in [-0.39, 0.29) is 12.1 Å². The maximum atomic E-state index is 13.0. The molecule has 5 nitrogen and oxygen atoms in total. The fourth-order valence-corrected chi connectivity index (χ4v) is 4.17. The predicted octanol–water partition coefficient (Wildman–Crippen LogP) is 3.42. The Morgan fingerprint density at radius 1 is 1.22 bits per heavy atom. The highest BCUT2D eigenvalue weighted by Crippen LogP contribution is 2.25. The highest BCUT2D eigenvalue weighted by molar-refractivity contribution is 5.75. The Morgan fingerprint density at radius 3 is 2.59 bits per heavy atom. The molecule has 0 radical (unpaired) electrons. The minimum atomic E-state index is 0.109. The van der Waals surface area contributed by atoms with E-state index in [2.05, 4.69) is 55.3 Å². The van der Waals surface area contributed by atoms with Gasteiger partial charge in [-0.05, 0) is 50.7 Å². The van der Waals surface area contributed by atoms with Gasteiger partial charge in [0, 0.05) is 38.3 Å². The van der Waals surface area contributed by atoms with Crippen LogP contribution in [0.3, 0.4) is 0 Å². The molecule has 1 atom stereocenters. The molecule has 0 spiro atoms. The van der Waals surface area contributed by atoms with Crippen molar-refractivity contribution in [3.63, 3.8) is 0 Å². The molecule has 1 aromatic rings. The monoisotopic (exact) mass is 373 g/mol. The summed E-state index contributed by atoms with van der Waals surface area (Å²) in [6.07, 6.45) is 4.30. The molecule has 27 heavy (non-hydrogen) atoms. The van der Waals surface area contributed by atoms with E-state index in [1.807, 2.05) is 4.90 Å². The molecule has 3 rings (SSSR count). The first kappa shape index (κ1) is 20.2. The Hall–Kier alpha value is -1.59. The predicted molar refractivity (Wildman–Crippen MR) is 109 cm³/mol. The maximum Gasteiger partial charge on any atom is 0.318 e. The number of benzene rings is 1. The first-order chi connectivity index (χ1) is 13.1. The molecule has 2 aliphatic rings. The molecule has 1 aromatic carbocycles. The van der Waals surface area contributed by atoms with E-state index < -0.39 is 0 Å². The van der Waals surface area contributed by atoms with Gasteiger partial charge in [-0.15, -0.1) is 0 Å². The van der Waals surface area contributed by atoms with Crippen molar-refractivity contribution in [1.82, 2.24) is 15.1 Å². The Morgan fingerprint density at radius 2 is 1.93 bits per heavy atom. The Labute approximate surface area is 164 Å². The van der Waals surface area contributed by atoms with Gasteiger partial charge in [-0.2, -0.15) is 0 Å². The summed E-state index contributed by atoms with van der Waals surface area (Å²) in [5.74, 6) is 0. The molecule has 1 fully saturated rings. The van der Waals surface area contributed by atoms with Crippen LogP contribution in [0.2, 0.25) is 0 Å². The maximum absolute atomic E-state index is 13.0. The van der Waals surface area contributed by atoms with Gasteiger partial charge in [0.1, 0.15) is 0 Å². The van der Waals surface area contributed by atoms with Crippen LogP contribution in [-0.4, -0.2) is 60.3 Å². The minimum absolute atomic E-state index is 0.109. The fourth-order valence-electron chi connectivity index (χ4n) is 4.17. The van der Waals surface area contributed by atoms with Crippen molar-refractivity contribution in [2.45, 2.75) is 71.2 Å². The second kappa shape index (κ2) is 9.56. The van der Waals surface area contributed by atoms with Crippen LogP contribution in [0.1, 0.15) is 51.2 Å². The van der Waals surface area contributed by atoms with Crippen molar-refractivity contribution >= 4 is 6.03 Å². The highest BCUT2D eigenvalue weighted by Gasteiger charge is 2.30. The zero-order chi connectivity index (χ0) is 19.2. The van der Waals surface area contributed by atoms with E-state index in [9.17, 15) is 4.79 Å². The zero-order valence-electron chi connectivity index (χ0n) is 17.1. The molecule has 150 valence electrons. The molecule has 0 bridgehead atoms. The van der Waals surface area contributed by atoms with Gasteiger partial charge in [0.05, 0.1) is 12.7 Å². The smallest absolute Gasteiger partial charge is 0.318 e. The van der Waals surface area contributed by atoms with Crippen molar-refractivity contribution in [3.8, 4) is 0 Å². The van der Waals surface area contributed by atoms with E-state index in [0.29, 0.717) is 12.1 Å². The average Bonchev–Trinajstić information content (AvgIpc) is 2.68. The van der Waals surface area contributed by atoms with Crippen molar-refractivity contribution < 1.29 is 9.53 Å². The summed E-state index contributed by atoms with van der Waals surface area (Å²) in [6.45, 7) is 10.9. The van der Waals surface area contributed by atoms with Gasteiger partial charge < -0.3 is 19.9 Å². The van der Waals surface area contributed by atoms with E-state index in [4.69, 9.17) is 4.74 Å². The summed E-state index contributed by atoms with van der Waals surface area (Å²) in [4.78, 5) is 17.4. The van der Waals surface area contributed by atoms with Gasteiger partial charge in [-0.25, -0.2) is 4.79 Å². The number of nitrogens with one attached hydrogen (secondary N) is 1. The van der Waals surface area contributed by atoms with Crippen LogP contribution >= 0.6 is 0 Å². The Bertz CT molecular complexity index is 611. The lowest BCUT2D eigenvalue weighted by Crippen LogP contribution is -2.53. The number of piperidine rings is 1. The van der Waals surface area contributed by atoms with Crippen LogP contribution in [0.15, 0.2) is 24.3 Å². The largest absolute Gasteiger partial charge is 0.377 e. The minimum Gasteiger partial charge on any atom is -0.377 e. The van der Waals surface area contributed by atoms with E-state index >= 15 is 0 Å². The van der Waals surface area contributed by atoms with Crippen molar-refractivity contribution in [3.05, 3.63) is 35.4 Å². The number of likely N-dealkylation sites (tertiary alicyclic amines) is 1. The fraction of sp³-hybridized carbons (Fsp3) is 0.682. The first-order valence-electron chi connectivity index (χ1n) is 10.5. The van der Waals surface area contributed by atoms with Gasteiger partial charge in [0.25, 0.3) is 0 Å². The van der Waals surface area contributed by atoms with Crippen molar-refractivity contribution in [2.75, 3.05) is 26.2 Å². The number of nitrogens with zero attached hydrogens (tertiary/aromatic N) is 2. The standard InChI is InChI=1S/C22H35N3O2/c1-4-21-15-18-7-5-6-8-19(18)16-25(21)22(26)23-20-9-11-24(12-10-20)13-14-27-17(2)3/h5-8,17,20-21H,4,9-16H2,1-3H3,(H,23,26). The second-order valence-electron chi connectivity index (χ2n) is 8.15. The van der Waals surface area contributed by atoms with Crippen LogP contribution < -0.4 is 5.32 Å². The second-order valence-corrected chi connectivity index (χ2v) is 8.15. The molecule has 1 unspecified atom stereocenters. The third-order valence-corrected chi connectivity index (χ3v) is 5.86. The lowest BCUT2D eigenvalue weighted by Gasteiger charge is -2.39. The average molecular weight is 374 g/mol. The summed E-state index contributed by atoms with van der Waals surface area (Å²) in [7, 11) is 0.